The molecule has 6 heteroatoms. The predicted molar refractivity (Wildman–Crippen MR) is 99.1 cm³/mol. The second-order valence-corrected chi connectivity index (χ2v) is 7.25. The van der Waals surface area contributed by atoms with Gasteiger partial charge >= 0.3 is 0 Å². The highest BCUT2D eigenvalue weighted by atomic mass is 32.2. The van der Waals surface area contributed by atoms with Crippen LogP contribution in [0.2, 0.25) is 0 Å². The number of carbonyl (C=O) groups excluding carboxylic acids is 1. The fraction of sp³-hybridized carbons (Fsp3) is 0.263. The van der Waals surface area contributed by atoms with Crippen molar-refractivity contribution < 1.29 is 13.6 Å². The number of thioether (sulfide) groups is 1. The van der Waals surface area contributed by atoms with E-state index in [2.05, 4.69) is 4.99 Å². The molecule has 0 aliphatic carbocycles. The summed E-state index contributed by atoms with van der Waals surface area (Å²) in [5.41, 5.74) is 0.612. The molecule has 1 fully saturated rings. The van der Waals surface area contributed by atoms with Crippen molar-refractivity contribution in [2.24, 2.45) is 10.9 Å². The molecule has 0 atom stereocenters. The summed E-state index contributed by atoms with van der Waals surface area (Å²) in [7, 11) is 0. The summed E-state index contributed by atoms with van der Waals surface area (Å²) >= 11 is 1.31. The van der Waals surface area contributed by atoms with E-state index < -0.39 is 0 Å². The Labute approximate surface area is 150 Å². The van der Waals surface area contributed by atoms with Crippen LogP contribution in [0.4, 0.5) is 10.1 Å². The molecule has 0 unspecified atom stereocenters. The molecule has 0 N–H and O–H groups in total. The summed E-state index contributed by atoms with van der Waals surface area (Å²) in [6.07, 6.45) is 1.74. The van der Waals surface area contributed by atoms with Gasteiger partial charge in [-0.05, 0) is 61.0 Å². The number of halogens is 1. The second kappa shape index (κ2) is 7.27. The van der Waals surface area contributed by atoms with Crippen LogP contribution in [0.25, 0.3) is 6.08 Å². The lowest BCUT2D eigenvalue weighted by Crippen LogP contribution is -2.32. The minimum absolute atomic E-state index is 0.0892. The Kier molecular flexibility index (Phi) is 5.08. The lowest BCUT2D eigenvalue weighted by molar-refractivity contribution is -0.122. The van der Waals surface area contributed by atoms with Crippen molar-refractivity contribution in [1.82, 2.24) is 4.90 Å². The molecule has 1 aromatic carbocycles. The monoisotopic (exact) mass is 358 g/mol. The van der Waals surface area contributed by atoms with Gasteiger partial charge in [-0.2, -0.15) is 0 Å². The molecule has 1 aliphatic heterocycles. The fourth-order valence-corrected chi connectivity index (χ4v) is 3.39. The van der Waals surface area contributed by atoms with Crippen LogP contribution in [0.15, 0.2) is 50.7 Å². The van der Waals surface area contributed by atoms with Crippen molar-refractivity contribution in [3.63, 3.8) is 0 Å². The van der Waals surface area contributed by atoms with Crippen LogP contribution >= 0.6 is 11.8 Å². The molecule has 0 bridgehead atoms. The first-order chi connectivity index (χ1) is 11.9. The summed E-state index contributed by atoms with van der Waals surface area (Å²) in [4.78, 5) is 19.5. The molecule has 1 aromatic heterocycles. The van der Waals surface area contributed by atoms with Crippen molar-refractivity contribution in [1.29, 1.82) is 0 Å². The topological polar surface area (TPSA) is 45.8 Å². The first-order valence-corrected chi connectivity index (χ1v) is 8.86. The van der Waals surface area contributed by atoms with Crippen LogP contribution in [0.1, 0.15) is 25.4 Å². The zero-order chi connectivity index (χ0) is 18.0. The number of furan rings is 1. The molecule has 2 aromatic rings. The van der Waals surface area contributed by atoms with Crippen LogP contribution in [-0.4, -0.2) is 22.5 Å². The van der Waals surface area contributed by atoms with E-state index in [1.165, 1.54) is 23.9 Å². The normalized spacial score (nSPS) is 18.1. The highest BCUT2D eigenvalue weighted by molar-refractivity contribution is 8.18. The van der Waals surface area contributed by atoms with Gasteiger partial charge in [-0.15, -0.1) is 0 Å². The standard InChI is InChI=1S/C19H19FN2O2S/c1-12(2)11-22-18(23)17(10-16-9-4-13(3)24-16)25-19(22)21-15-7-5-14(20)6-8-15/h4-10,12H,11H2,1-3H3/b17-10+,21-19?. The van der Waals surface area contributed by atoms with Gasteiger partial charge in [-0.1, -0.05) is 13.8 Å². The predicted octanol–water partition coefficient (Wildman–Crippen LogP) is 4.99. The van der Waals surface area contributed by atoms with Crippen molar-refractivity contribution in [2.45, 2.75) is 20.8 Å². The highest BCUT2D eigenvalue weighted by Gasteiger charge is 2.34. The van der Waals surface area contributed by atoms with Crippen LogP contribution in [0.3, 0.4) is 0 Å². The van der Waals surface area contributed by atoms with Gasteiger partial charge in [0.1, 0.15) is 17.3 Å². The third-order valence-electron chi connectivity index (χ3n) is 3.52. The van der Waals surface area contributed by atoms with Gasteiger partial charge in [0.05, 0.1) is 10.6 Å². The van der Waals surface area contributed by atoms with Crippen molar-refractivity contribution >= 4 is 34.6 Å². The first-order valence-electron chi connectivity index (χ1n) is 8.04. The molecular formula is C19H19FN2O2S. The number of hydrogen-bond acceptors (Lipinski definition) is 4. The molecule has 25 heavy (non-hydrogen) atoms. The smallest absolute Gasteiger partial charge is 0.266 e. The third-order valence-corrected chi connectivity index (χ3v) is 4.53. The van der Waals surface area contributed by atoms with Crippen LogP contribution in [-0.2, 0) is 4.79 Å². The molecule has 0 radical (unpaired) electrons. The van der Waals surface area contributed by atoms with Crippen LogP contribution in [0, 0.1) is 18.7 Å². The molecule has 1 amide bonds. The van der Waals surface area contributed by atoms with E-state index >= 15 is 0 Å². The summed E-state index contributed by atoms with van der Waals surface area (Å²) in [5, 5.41) is 0.597. The van der Waals surface area contributed by atoms with E-state index in [0.717, 1.165) is 5.76 Å². The van der Waals surface area contributed by atoms with Gasteiger partial charge in [0.2, 0.25) is 0 Å². The molecule has 0 spiro atoms. The highest BCUT2D eigenvalue weighted by Crippen LogP contribution is 2.34. The Morgan fingerprint density at radius 1 is 1.24 bits per heavy atom. The van der Waals surface area contributed by atoms with Crippen molar-refractivity contribution in [3.05, 3.63) is 58.6 Å². The van der Waals surface area contributed by atoms with E-state index in [9.17, 15) is 9.18 Å². The molecule has 1 saturated heterocycles. The Morgan fingerprint density at radius 2 is 1.96 bits per heavy atom. The second-order valence-electron chi connectivity index (χ2n) is 6.24. The number of aliphatic imine (C=N–C) groups is 1. The van der Waals surface area contributed by atoms with E-state index in [0.29, 0.717) is 34.0 Å². The SMILES string of the molecule is Cc1ccc(/C=C2/SC(=Nc3ccc(F)cc3)N(CC(C)C)C2=O)o1. The molecule has 4 nitrogen and oxygen atoms in total. The summed E-state index contributed by atoms with van der Waals surface area (Å²) in [6.45, 7) is 6.52. The van der Waals surface area contributed by atoms with E-state index in [4.69, 9.17) is 4.42 Å². The molecular weight excluding hydrogens is 339 g/mol. The number of rotatable bonds is 4. The third kappa shape index (κ3) is 4.20. The molecule has 2 heterocycles. The van der Waals surface area contributed by atoms with Crippen LogP contribution in [0.5, 0.6) is 0 Å². The van der Waals surface area contributed by atoms with Crippen LogP contribution < -0.4 is 0 Å². The van der Waals surface area contributed by atoms with Gasteiger partial charge in [0.15, 0.2) is 5.17 Å². The number of hydrogen-bond donors (Lipinski definition) is 0. The molecule has 3 rings (SSSR count). The Bertz CT molecular complexity index is 837. The molecule has 130 valence electrons. The Balaban J connectivity index is 1.93. The molecule has 0 saturated carbocycles. The Morgan fingerprint density at radius 3 is 2.56 bits per heavy atom. The summed E-state index contributed by atoms with van der Waals surface area (Å²) in [6, 6.07) is 9.59. The average Bonchev–Trinajstić information content (AvgIpc) is 3.08. The van der Waals surface area contributed by atoms with Crippen molar-refractivity contribution in [3.8, 4) is 0 Å². The number of benzene rings is 1. The number of amides is 1. The zero-order valence-corrected chi connectivity index (χ0v) is 15.1. The van der Waals surface area contributed by atoms with E-state index in [1.54, 1.807) is 23.1 Å². The first kappa shape index (κ1) is 17.5. The molecule has 1 aliphatic rings. The fourth-order valence-electron chi connectivity index (χ4n) is 2.40. The van der Waals surface area contributed by atoms with Crippen molar-refractivity contribution in [2.75, 3.05) is 6.54 Å². The number of carbonyl (C=O) groups is 1. The number of amidine groups is 1. The van der Waals surface area contributed by atoms with Gasteiger partial charge < -0.3 is 4.42 Å². The minimum atomic E-state index is -0.313. The maximum atomic E-state index is 13.1. The van der Waals surface area contributed by atoms with E-state index in [1.807, 2.05) is 32.9 Å². The largest absolute Gasteiger partial charge is 0.462 e. The van der Waals surface area contributed by atoms with Gasteiger partial charge in [-0.25, -0.2) is 9.38 Å². The van der Waals surface area contributed by atoms with Gasteiger partial charge in [0, 0.05) is 12.6 Å². The lowest BCUT2D eigenvalue weighted by Gasteiger charge is -2.17. The quantitative estimate of drug-likeness (QED) is 0.724. The minimum Gasteiger partial charge on any atom is -0.462 e. The summed E-state index contributed by atoms with van der Waals surface area (Å²) < 4.78 is 18.6. The zero-order valence-electron chi connectivity index (χ0n) is 14.3. The number of aryl methyl sites for hydroxylation is 1. The average molecular weight is 358 g/mol. The van der Waals surface area contributed by atoms with Gasteiger partial charge in [0.25, 0.3) is 5.91 Å². The maximum Gasteiger partial charge on any atom is 0.266 e. The maximum absolute atomic E-state index is 13.1. The van der Waals surface area contributed by atoms with Gasteiger partial charge in [-0.3, -0.25) is 9.69 Å². The van der Waals surface area contributed by atoms with E-state index in [-0.39, 0.29) is 11.7 Å². The summed E-state index contributed by atoms with van der Waals surface area (Å²) in [5.74, 6) is 1.33. The Hall–Kier alpha value is -2.34. The lowest BCUT2D eigenvalue weighted by atomic mass is 10.2. The number of nitrogens with zero attached hydrogens (tertiary/aromatic N) is 2.